The third-order valence-electron chi connectivity index (χ3n) is 4.14. The van der Waals surface area contributed by atoms with E-state index in [1.807, 2.05) is 45.9 Å². The van der Waals surface area contributed by atoms with E-state index in [0.29, 0.717) is 13.1 Å². The molecule has 2 amide bonds. The Morgan fingerprint density at radius 1 is 1.13 bits per heavy atom. The summed E-state index contributed by atoms with van der Waals surface area (Å²) in [6, 6.07) is 5.96. The Labute approximate surface area is 138 Å². The molecular weight excluding hydrogens is 292 g/mol. The summed E-state index contributed by atoms with van der Waals surface area (Å²) in [4.78, 5) is 26.4. The molecule has 2 rings (SSSR count). The fraction of sp³-hybridized carbons (Fsp3) is 0.556. The first-order valence-corrected chi connectivity index (χ1v) is 8.32. The molecule has 0 bridgehead atoms. The topological polar surface area (TPSA) is 58.6 Å². The van der Waals surface area contributed by atoms with E-state index in [4.69, 9.17) is 4.74 Å². The minimum Gasteiger partial charge on any atom is -0.372 e. The number of benzene rings is 1. The zero-order chi connectivity index (χ0) is 17.0. The van der Waals surface area contributed by atoms with Crippen LogP contribution in [0.5, 0.6) is 0 Å². The molecule has 1 saturated heterocycles. The molecular formula is C18H26N2O3. The number of amides is 2. The van der Waals surface area contributed by atoms with E-state index >= 15 is 0 Å². The Bertz CT molecular complexity index is 553. The number of anilines is 1. The van der Waals surface area contributed by atoms with E-state index in [0.717, 1.165) is 29.7 Å². The quantitative estimate of drug-likeness (QED) is 0.871. The maximum Gasteiger partial charge on any atom is 0.313 e. The van der Waals surface area contributed by atoms with Crippen molar-refractivity contribution in [2.24, 2.45) is 0 Å². The summed E-state index contributed by atoms with van der Waals surface area (Å²) in [7, 11) is 0. The lowest BCUT2D eigenvalue weighted by Gasteiger charge is -2.34. The molecule has 1 N–H and O–H groups in total. The molecule has 0 spiro atoms. The molecule has 5 nitrogen and oxygen atoms in total. The first kappa shape index (κ1) is 17.5. The first-order valence-electron chi connectivity index (χ1n) is 8.32. The predicted octanol–water partition coefficient (Wildman–Crippen LogP) is 2.39. The summed E-state index contributed by atoms with van der Waals surface area (Å²) < 4.78 is 5.61. The lowest BCUT2D eigenvalue weighted by molar-refractivity contribution is -0.151. The van der Waals surface area contributed by atoms with Gasteiger partial charge in [0.05, 0.1) is 12.2 Å². The van der Waals surface area contributed by atoms with Gasteiger partial charge in [0.1, 0.15) is 0 Å². The molecule has 1 aromatic carbocycles. The number of hydrogen-bond donors (Lipinski definition) is 1. The van der Waals surface area contributed by atoms with Crippen molar-refractivity contribution < 1.29 is 14.3 Å². The van der Waals surface area contributed by atoms with E-state index in [2.05, 4.69) is 5.32 Å². The molecule has 1 fully saturated rings. The molecule has 2 atom stereocenters. The van der Waals surface area contributed by atoms with Crippen LogP contribution in [-0.4, -0.2) is 42.0 Å². The van der Waals surface area contributed by atoms with Crippen LogP contribution in [0.1, 0.15) is 38.8 Å². The molecule has 1 heterocycles. The van der Waals surface area contributed by atoms with Crippen LogP contribution in [0.15, 0.2) is 18.2 Å². The van der Waals surface area contributed by atoms with Crippen molar-refractivity contribution in [2.45, 2.75) is 52.7 Å². The van der Waals surface area contributed by atoms with Crippen LogP contribution < -0.4 is 5.32 Å². The highest BCUT2D eigenvalue weighted by molar-refractivity contribution is 6.39. The van der Waals surface area contributed by atoms with Crippen molar-refractivity contribution in [3.63, 3.8) is 0 Å². The number of para-hydroxylation sites is 1. The molecule has 1 aromatic rings. The van der Waals surface area contributed by atoms with E-state index < -0.39 is 11.8 Å². The molecule has 2 unspecified atom stereocenters. The molecule has 0 saturated carbocycles. The second kappa shape index (κ2) is 7.59. The Hall–Kier alpha value is -1.88. The van der Waals surface area contributed by atoms with Crippen molar-refractivity contribution in [3.8, 4) is 0 Å². The SMILES string of the molecule is CCc1cccc(CC)c1NC(=O)C(=O)N1CC(C)OC(C)C1. The van der Waals surface area contributed by atoms with Gasteiger partial charge in [-0.05, 0) is 37.8 Å². The van der Waals surface area contributed by atoms with Gasteiger partial charge in [-0.3, -0.25) is 9.59 Å². The highest BCUT2D eigenvalue weighted by Crippen LogP contribution is 2.23. The summed E-state index contributed by atoms with van der Waals surface area (Å²) in [6.07, 6.45) is 1.52. The summed E-state index contributed by atoms with van der Waals surface area (Å²) in [6.45, 7) is 8.80. The second-order valence-electron chi connectivity index (χ2n) is 6.08. The number of rotatable bonds is 3. The first-order chi connectivity index (χ1) is 11.0. The third kappa shape index (κ3) is 4.10. The molecule has 0 radical (unpaired) electrons. The molecule has 126 valence electrons. The number of ether oxygens (including phenoxy) is 1. The van der Waals surface area contributed by atoms with Gasteiger partial charge in [0.25, 0.3) is 0 Å². The molecule has 1 aliphatic heterocycles. The standard InChI is InChI=1S/C18H26N2O3/c1-5-14-8-7-9-15(6-2)16(14)19-17(21)18(22)20-10-12(3)23-13(4)11-20/h7-9,12-13H,5-6,10-11H2,1-4H3,(H,19,21). The average molecular weight is 318 g/mol. The third-order valence-corrected chi connectivity index (χ3v) is 4.14. The minimum absolute atomic E-state index is 0.0513. The van der Waals surface area contributed by atoms with Gasteiger partial charge < -0.3 is 15.0 Å². The monoisotopic (exact) mass is 318 g/mol. The fourth-order valence-corrected chi connectivity index (χ4v) is 3.06. The number of hydrogen-bond acceptors (Lipinski definition) is 3. The van der Waals surface area contributed by atoms with Gasteiger partial charge in [-0.2, -0.15) is 0 Å². The van der Waals surface area contributed by atoms with Gasteiger partial charge in [0, 0.05) is 18.8 Å². The summed E-state index contributed by atoms with van der Waals surface area (Å²) >= 11 is 0. The lowest BCUT2D eigenvalue weighted by Crippen LogP contribution is -2.51. The number of carbonyl (C=O) groups excluding carboxylic acids is 2. The van der Waals surface area contributed by atoms with Gasteiger partial charge in [-0.1, -0.05) is 32.0 Å². The van der Waals surface area contributed by atoms with Crippen molar-refractivity contribution in [3.05, 3.63) is 29.3 Å². The maximum absolute atomic E-state index is 12.5. The summed E-state index contributed by atoms with van der Waals surface area (Å²) in [5, 5.41) is 2.84. The van der Waals surface area contributed by atoms with E-state index in [-0.39, 0.29) is 12.2 Å². The minimum atomic E-state index is -0.568. The molecule has 1 aliphatic rings. The van der Waals surface area contributed by atoms with E-state index in [1.165, 1.54) is 0 Å². The number of aryl methyl sites for hydroxylation is 2. The van der Waals surface area contributed by atoms with Crippen LogP contribution >= 0.6 is 0 Å². The zero-order valence-electron chi connectivity index (χ0n) is 14.4. The normalized spacial score (nSPS) is 21.1. The molecule has 5 heteroatoms. The van der Waals surface area contributed by atoms with Gasteiger partial charge >= 0.3 is 11.8 Å². The maximum atomic E-state index is 12.5. The van der Waals surface area contributed by atoms with Crippen LogP contribution in [0.4, 0.5) is 5.69 Å². The van der Waals surface area contributed by atoms with Crippen molar-refractivity contribution in [2.75, 3.05) is 18.4 Å². The van der Waals surface area contributed by atoms with E-state index in [9.17, 15) is 9.59 Å². The Morgan fingerprint density at radius 2 is 1.65 bits per heavy atom. The van der Waals surface area contributed by atoms with Gasteiger partial charge in [-0.25, -0.2) is 0 Å². The Morgan fingerprint density at radius 3 is 2.13 bits per heavy atom. The number of morpholine rings is 1. The van der Waals surface area contributed by atoms with Crippen LogP contribution in [0.25, 0.3) is 0 Å². The fourth-order valence-electron chi connectivity index (χ4n) is 3.06. The number of carbonyl (C=O) groups is 2. The molecule has 0 aliphatic carbocycles. The lowest BCUT2D eigenvalue weighted by atomic mass is 10.0. The average Bonchev–Trinajstić information content (AvgIpc) is 2.53. The van der Waals surface area contributed by atoms with Crippen LogP contribution in [0.2, 0.25) is 0 Å². The Kier molecular flexibility index (Phi) is 5.77. The van der Waals surface area contributed by atoms with Crippen molar-refractivity contribution >= 4 is 17.5 Å². The number of nitrogens with zero attached hydrogens (tertiary/aromatic N) is 1. The molecule has 0 aromatic heterocycles. The highest BCUT2D eigenvalue weighted by atomic mass is 16.5. The highest BCUT2D eigenvalue weighted by Gasteiger charge is 2.30. The van der Waals surface area contributed by atoms with Crippen LogP contribution in [-0.2, 0) is 27.2 Å². The Balaban J connectivity index is 2.14. The second-order valence-corrected chi connectivity index (χ2v) is 6.08. The molecule has 23 heavy (non-hydrogen) atoms. The van der Waals surface area contributed by atoms with Gasteiger partial charge in [0.2, 0.25) is 0 Å². The van der Waals surface area contributed by atoms with Gasteiger partial charge in [0.15, 0.2) is 0 Å². The smallest absolute Gasteiger partial charge is 0.313 e. The largest absolute Gasteiger partial charge is 0.372 e. The van der Waals surface area contributed by atoms with E-state index in [1.54, 1.807) is 4.90 Å². The van der Waals surface area contributed by atoms with Gasteiger partial charge in [-0.15, -0.1) is 0 Å². The zero-order valence-corrected chi connectivity index (χ0v) is 14.4. The summed E-state index contributed by atoms with van der Waals surface area (Å²) in [5.74, 6) is -1.05. The van der Waals surface area contributed by atoms with Crippen LogP contribution in [0, 0.1) is 0 Å². The predicted molar refractivity (Wildman–Crippen MR) is 90.4 cm³/mol. The summed E-state index contributed by atoms with van der Waals surface area (Å²) in [5.41, 5.74) is 2.88. The van der Waals surface area contributed by atoms with Crippen LogP contribution in [0.3, 0.4) is 0 Å². The van der Waals surface area contributed by atoms with Crippen molar-refractivity contribution in [1.82, 2.24) is 4.90 Å². The van der Waals surface area contributed by atoms with Crippen molar-refractivity contribution in [1.29, 1.82) is 0 Å². The number of nitrogens with one attached hydrogen (secondary N) is 1.